The summed E-state index contributed by atoms with van der Waals surface area (Å²) < 4.78 is 0. The third-order valence-corrected chi connectivity index (χ3v) is 5.40. The molecular formula is C24H40O2. The molecule has 0 saturated heterocycles. The Balaban J connectivity index is 1.78. The molecule has 0 aliphatic rings. The van der Waals surface area contributed by atoms with Crippen LogP contribution in [0.15, 0.2) is 30.3 Å². The van der Waals surface area contributed by atoms with E-state index in [0.29, 0.717) is 12.3 Å². The van der Waals surface area contributed by atoms with Gasteiger partial charge in [-0.05, 0) is 24.3 Å². The predicted octanol–water partition coefficient (Wildman–Crippen LogP) is 7.73. The van der Waals surface area contributed by atoms with Crippen molar-refractivity contribution in [2.45, 2.75) is 109 Å². The third-order valence-electron chi connectivity index (χ3n) is 5.40. The summed E-state index contributed by atoms with van der Waals surface area (Å²) >= 11 is 0. The molecule has 1 N–H and O–H groups in total. The van der Waals surface area contributed by atoms with Crippen molar-refractivity contribution in [1.82, 2.24) is 0 Å². The van der Waals surface area contributed by atoms with Crippen molar-refractivity contribution in [1.29, 1.82) is 0 Å². The molecule has 0 aliphatic heterocycles. The van der Waals surface area contributed by atoms with Crippen molar-refractivity contribution < 1.29 is 9.90 Å². The molecule has 0 spiro atoms. The summed E-state index contributed by atoms with van der Waals surface area (Å²) in [4.78, 5) is 10.4. The van der Waals surface area contributed by atoms with Crippen LogP contribution >= 0.6 is 0 Å². The molecule has 0 fully saturated rings. The normalized spacial score (nSPS) is 12.2. The topological polar surface area (TPSA) is 37.3 Å². The van der Waals surface area contributed by atoms with Crippen LogP contribution in [0.3, 0.4) is 0 Å². The van der Waals surface area contributed by atoms with Gasteiger partial charge < -0.3 is 5.11 Å². The van der Waals surface area contributed by atoms with Crippen LogP contribution in [-0.2, 0) is 4.79 Å². The van der Waals surface area contributed by atoms with E-state index in [1.165, 1.54) is 82.6 Å². The second-order valence-corrected chi connectivity index (χ2v) is 7.84. The summed E-state index contributed by atoms with van der Waals surface area (Å²) in [6.07, 6.45) is 18.4. The maximum absolute atomic E-state index is 10.4. The number of carbonyl (C=O) groups is 1. The fourth-order valence-electron chi connectivity index (χ4n) is 3.62. The zero-order chi connectivity index (χ0) is 18.9. The Morgan fingerprint density at radius 1 is 0.731 bits per heavy atom. The molecule has 2 nitrogen and oxygen atoms in total. The maximum atomic E-state index is 10.4. The minimum atomic E-state index is -0.657. The van der Waals surface area contributed by atoms with E-state index in [9.17, 15) is 4.79 Å². The van der Waals surface area contributed by atoms with Gasteiger partial charge in [0.05, 0.1) is 0 Å². The van der Waals surface area contributed by atoms with Crippen molar-refractivity contribution in [2.75, 3.05) is 0 Å². The van der Waals surface area contributed by atoms with Crippen LogP contribution in [0, 0.1) is 0 Å². The van der Waals surface area contributed by atoms with E-state index in [1.54, 1.807) is 0 Å². The van der Waals surface area contributed by atoms with Gasteiger partial charge in [0, 0.05) is 6.42 Å². The smallest absolute Gasteiger partial charge is 0.303 e. The largest absolute Gasteiger partial charge is 0.481 e. The van der Waals surface area contributed by atoms with Gasteiger partial charge in [0.1, 0.15) is 0 Å². The first kappa shape index (κ1) is 22.7. The fraction of sp³-hybridized carbons (Fsp3) is 0.708. The van der Waals surface area contributed by atoms with Gasteiger partial charge in [-0.3, -0.25) is 4.79 Å². The molecule has 148 valence electrons. The van der Waals surface area contributed by atoms with Crippen LogP contribution in [0.5, 0.6) is 0 Å². The van der Waals surface area contributed by atoms with Gasteiger partial charge in [0.15, 0.2) is 0 Å². The van der Waals surface area contributed by atoms with E-state index in [2.05, 4.69) is 37.3 Å². The zero-order valence-electron chi connectivity index (χ0n) is 16.9. The molecule has 26 heavy (non-hydrogen) atoms. The van der Waals surface area contributed by atoms with E-state index in [4.69, 9.17) is 5.11 Å². The molecule has 0 saturated carbocycles. The number of benzene rings is 1. The average Bonchev–Trinajstić information content (AvgIpc) is 2.65. The van der Waals surface area contributed by atoms with Crippen molar-refractivity contribution in [2.24, 2.45) is 0 Å². The number of carboxylic acid groups (broad SMARTS) is 1. The Morgan fingerprint density at radius 3 is 1.62 bits per heavy atom. The molecule has 2 heteroatoms. The molecule has 0 bridgehead atoms. The minimum absolute atomic E-state index is 0.338. The quantitative estimate of drug-likeness (QED) is 0.289. The molecule has 0 heterocycles. The van der Waals surface area contributed by atoms with Crippen LogP contribution < -0.4 is 0 Å². The van der Waals surface area contributed by atoms with Crippen molar-refractivity contribution in [3.63, 3.8) is 0 Å². The summed E-state index contributed by atoms with van der Waals surface area (Å²) in [6, 6.07) is 10.9. The SMILES string of the molecule is CC(CCCCCCCCCCCCCCCC(=O)O)c1ccccc1. The predicted molar refractivity (Wildman–Crippen MR) is 112 cm³/mol. The highest BCUT2D eigenvalue weighted by atomic mass is 16.4. The van der Waals surface area contributed by atoms with E-state index in [0.717, 1.165) is 12.8 Å². The van der Waals surface area contributed by atoms with Crippen molar-refractivity contribution in [3.05, 3.63) is 35.9 Å². The second kappa shape index (κ2) is 15.9. The van der Waals surface area contributed by atoms with E-state index >= 15 is 0 Å². The van der Waals surface area contributed by atoms with Crippen LogP contribution in [-0.4, -0.2) is 11.1 Å². The van der Waals surface area contributed by atoms with E-state index in [-0.39, 0.29) is 0 Å². The summed E-state index contributed by atoms with van der Waals surface area (Å²) in [6.45, 7) is 2.35. The van der Waals surface area contributed by atoms with Gasteiger partial charge in [0.2, 0.25) is 0 Å². The van der Waals surface area contributed by atoms with Crippen molar-refractivity contribution in [3.8, 4) is 0 Å². The Labute approximate surface area is 161 Å². The van der Waals surface area contributed by atoms with Gasteiger partial charge in [0.25, 0.3) is 0 Å². The van der Waals surface area contributed by atoms with Gasteiger partial charge in [-0.2, -0.15) is 0 Å². The molecule has 0 radical (unpaired) electrons. The Hall–Kier alpha value is -1.31. The van der Waals surface area contributed by atoms with Crippen LogP contribution in [0.4, 0.5) is 0 Å². The number of hydrogen-bond acceptors (Lipinski definition) is 1. The highest BCUT2D eigenvalue weighted by molar-refractivity contribution is 5.66. The molecule has 0 aromatic heterocycles. The molecule has 1 atom stereocenters. The van der Waals surface area contributed by atoms with Crippen LogP contribution in [0.1, 0.15) is 115 Å². The van der Waals surface area contributed by atoms with Gasteiger partial charge in [-0.15, -0.1) is 0 Å². The fourth-order valence-corrected chi connectivity index (χ4v) is 3.62. The highest BCUT2D eigenvalue weighted by Gasteiger charge is 2.04. The van der Waals surface area contributed by atoms with Crippen LogP contribution in [0.2, 0.25) is 0 Å². The number of carboxylic acids is 1. The monoisotopic (exact) mass is 360 g/mol. The molecule has 1 unspecified atom stereocenters. The van der Waals surface area contributed by atoms with E-state index < -0.39 is 5.97 Å². The second-order valence-electron chi connectivity index (χ2n) is 7.84. The Kier molecular flexibility index (Phi) is 13.9. The lowest BCUT2D eigenvalue weighted by atomic mass is 9.95. The standard InChI is InChI=1S/C24H40O2/c1-22(23-19-15-13-16-20-23)18-14-11-9-7-5-3-2-4-6-8-10-12-17-21-24(25)26/h13,15-16,19-20,22H,2-12,14,17-18,21H2,1H3,(H,25,26). The van der Waals surface area contributed by atoms with Gasteiger partial charge in [-0.25, -0.2) is 0 Å². The first-order valence-electron chi connectivity index (χ1n) is 11.0. The lowest BCUT2D eigenvalue weighted by Crippen LogP contribution is -1.93. The van der Waals surface area contributed by atoms with Gasteiger partial charge >= 0.3 is 5.97 Å². The first-order valence-corrected chi connectivity index (χ1v) is 11.0. The number of rotatable bonds is 17. The summed E-state index contributed by atoms with van der Waals surface area (Å²) in [5.41, 5.74) is 1.48. The molecule has 0 amide bonds. The summed E-state index contributed by atoms with van der Waals surface area (Å²) in [5.74, 6) is 0.0380. The maximum Gasteiger partial charge on any atom is 0.303 e. The van der Waals surface area contributed by atoms with Crippen molar-refractivity contribution >= 4 is 5.97 Å². The number of hydrogen-bond donors (Lipinski definition) is 1. The molecule has 1 aromatic rings. The minimum Gasteiger partial charge on any atom is -0.481 e. The van der Waals surface area contributed by atoms with Crippen LogP contribution in [0.25, 0.3) is 0 Å². The zero-order valence-corrected chi connectivity index (χ0v) is 16.9. The molecule has 1 rings (SSSR count). The van der Waals surface area contributed by atoms with E-state index in [1.807, 2.05) is 0 Å². The first-order chi connectivity index (χ1) is 12.7. The molecular weight excluding hydrogens is 320 g/mol. The average molecular weight is 361 g/mol. The van der Waals surface area contributed by atoms with Gasteiger partial charge in [-0.1, -0.05) is 114 Å². The lowest BCUT2D eigenvalue weighted by Gasteiger charge is -2.11. The molecule has 1 aromatic carbocycles. The summed E-state index contributed by atoms with van der Waals surface area (Å²) in [7, 11) is 0. The highest BCUT2D eigenvalue weighted by Crippen LogP contribution is 2.22. The summed E-state index contributed by atoms with van der Waals surface area (Å²) in [5, 5.41) is 8.58. The number of aliphatic carboxylic acids is 1. The Morgan fingerprint density at radius 2 is 1.15 bits per heavy atom. The molecule has 0 aliphatic carbocycles. The number of unbranched alkanes of at least 4 members (excludes halogenated alkanes) is 12. The third kappa shape index (κ3) is 13.0. The lowest BCUT2D eigenvalue weighted by molar-refractivity contribution is -0.137. The Bertz CT molecular complexity index is 441.